The average molecular weight is 480 g/mol. The third kappa shape index (κ3) is 5.64. The van der Waals surface area contributed by atoms with Gasteiger partial charge in [0, 0.05) is 38.6 Å². The normalized spacial score (nSPS) is 17.7. The lowest BCUT2D eigenvalue weighted by Gasteiger charge is -2.33. The number of sulfone groups is 1. The monoisotopic (exact) mass is 479 g/mol. The van der Waals surface area contributed by atoms with E-state index in [0.717, 1.165) is 18.1 Å². The fourth-order valence-corrected chi connectivity index (χ4v) is 5.96. The van der Waals surface area contributed by atoms with Crippen molar-refractivity contribution in [2.75, 3.05) is 19.6 Å². The number of nitrogens with one attached hydrogen (secondary N) is 1. The number of pyridine rings is 2. The summed E-state index contributed by atoms with van der Waals surface area (Å²) in [5, 5.41) is 2.20. The van der Waals surface area contributed by atoms with Crippen LogP contribution in [0.15, 0.2) is 41.7 Å². The second kappa shape index (κ2) is 9.30. The summed E-state index contributed by atoms with van der Waals surface area (Å²) in [6.45, 7) is 2.34. The lowest BCUT2D eigenvalue weighted by Crippen LogP contribution is -2.43. The van der Waals surface area contributed by atoms with E-state index in [0.29, 0.717) is 44.7 Å². The summed E-state index contributed by atoms with van der Waals surface area (Å²) in [6.07, 6.45) is 5.38. The number of rotatable bonds is 6. The fourth-order valence-electron chi connectivity index (χ4n) is 4.29. The molecule has 2 amide bonds. The summed E-state index contributed by atoms with van der Waals surface area (Å²) >= 11 is 0. The molecule has 2 aromatic heterocycles. The highest BCUT2D eigenvalue weighted by Gasteiger charge is 2.34. The van der Waals surface area contributed by atoms with E-state index in [1.807, 2.05) is 6.07 Å². The lowest BCUT2D eigenvalue weighted by molar-refractivity contribution is -0.0183. The number of amides is 2. The molecule has 33 heavy (non-hydrogen) atoms. The van der Waals surface area contributed by atoms with Gasteiger partial charge in [-0.2, -0.15) is 0 Å². The highest BCUT2D eigenvalue weighted by atomic mass is 32.2. The van der Waals surface area contributed by atoms with Gasteiger partial charge in [-0.1, -0.05) is 0 Å². The molecule has 0 spiro atoms. The Morgan fingerprint density at radius 2 is 1.88 bits per heavy atom. The molecule has 11 heteroatoms. The second-order valence-corrected chi connectivity index (χ2v) is 11.0. The molecule has 0 atom stereocenters. The van der Waals surface area contributed by atoms with E-state index in [1.165, 1.54) is 12.3 Å². The van der Waals surface area contributed by atoms with Crippen molar-refractivity contribution in [2.24, 2.45) is 0 Å². The Morgan fingerprint density at radius 3 is 2.52 bits per heavy atom. The van der Waals surface area contributed by atoms with Gasteiger partial charge in [0.25, 0.3) is 5.92 Å². The van der Waals surface area contributed by atoms with Crippen LogP contribution in [0.2, 0.25) is 0 Å². The van der Waals surface area contributed by atoms with Crippen molar-refractivity contribution in [1.82, 2.24) is 25.1 Å². The van der Waals surface area contributed by atoms with Crippen molar-refractivity contribution >= 4 is 15.9 Å². The number of urea groups is 1. The average Bonchev–Trinajstić information content (AvgIpc) is 3.21. The molecular weight excluding hydrogens is 452 g/mol. The molecule has 2 aliphatic heterocycles. The lowest BCUT2D eigenvalue weighted by atomic mass is 10.1. The van der Waals surface area contributed by atoms with Gasteiger partial charge in [-0.05, 0) is 55.3 Å². The summed E-state index contributed by atoms with van der Waals surface area (Å²) in [7, 11) is -3.60. The first-order valence-electron chi connectivity index (χ1n) is 10.9. The molecule has 0 unspecified atom stereocenters. The zero-order valence-corrected chi connectivity index (χ0v) is 19.2. The van der Waals surface area contributed by atoms with Crippen LogP contribution in [-0.4, -0.2) is 65.0 Å². The maximum Gasteiger partial charge on any atom is 0.318 e. The number of fused-ring (bicyclic) bond motifs is 1. The minimum absolute atomic E-state index is 0.111. The molecular formula is C22H27F2N5O3S. The van der Waals surface area contributed by atoms with Gasteiger partial charge in [-0.3, -0.25) is 14.9 Å². The Morgan fingerprint density at radius 1 is 1.15 bits per heavy atom. The summed E-state index contributed by atoms with van der Waals surface area (Å²) < 4.78 is 52.3. The minimum Gasteiger partial charge on any atom is -0.332 e. The third-order valence-electron chi connectivity index (χ3n) is 6.04. The van der Waals surface area contributed by atoms with Crippen LogP contribution in [-0.2, 0) is 29.5 Å². The largest absolute Gasteiger partial charge is 0.332 e. The van der Waals surface area contributed by atoms with Crippen molar-refractivity contribution in [3.05, 3.63) is 53.6 Å². The second-order valence-electron chi connectivity index (χ2n) is 8.74. The van der Waals surface area contributed by atoms with Gasteiger partial charge < -0.3 is 10.2 Å². The summed E-state index contributed by atoms with van der Waals surface area (Å²) in [4.78, 5) is 24.1. The minimum atomic E-state index is -3.60. The van der Waals surface area contributed by atoms with Gasteiger partial charge in [0.1, 0.15) is 0 Å². The van der Waals surface area contributed by atoms with E-state index in [2.05, 4.69) is 15.3 Å². The molecule has 2 aromatic rings. The Hall–Kier alpha value is -2.66. The molecule has 1 fully saturated rings. The third-order valence-corrected chi connectivity index (χ3v) is 8.28. The first-order chi connectivity index (χ1) is 15.6. The molecule has 0 bridgehead atoms. The summed E-state index contributed by atoms with van der Waals surface area (Å²) in [5.74, 6) is -2.79. The molecule has 1 saturated heterocycles. The highest BCUT2D eigenvalue weighted by molar-refractivity contribution is 7.92. The zero-order chi connectivity index (χ0) is 23.6. The zero-order valence-electron chi connectivity index (χ0n) is 18.4. The van der Waals surface area contributed by atoms with E-state index in [-0.39, 0.29) is 24.0 Å². The summed E-state index contributed by atoms with van der Waals surface area (Å²) in [5.41, 5.74) is 2.64. The van der Waals surface area contributed by atoms with E-state index in [9.17, 15) is 22.0 Å². The number of piperidine rings is 1. The number of hydrogen-bond acceptors (Lipinski definition) is 6. The van der Waals surface area contributed by atoms with E-state index < -0.39 is 21.0 Å². The van der Waals surface area contributed by atoms with Crippen LogP contribution in [0.3, 0.4) is 0 Å². The Bertz CT molecular complexity index is 1070. The predicted octanol–water partition coefficient (Wildman–Crippen LogP) is 2.60. The highest BCUT2D eigenvalue weighted by Crippen LogP contribution is 2.26. The maximum atomic E-state index is 13.2. The Kier molecular flexibility index (Phi) is 6.62. The Labute approximate surface area is 191 Å². The van der Waals surface area contributed by atoms with Crippen molar-refractivity contribution in [3.8, 4) is 0 Å². The maximum absolute atomic E-state index is 13.2. The van der Waals surface area contributed by atoms with Crippen molar-refractivity contribution in [2.45, 2.75) is 55.5 Å². The SMILES string of the molecule is CC(F)(F)CN1CCC(S(=O)(=O)c2ccc(CNC(=O)N3Cc4ccncc4C3)nc2)CC1. The van der Waals surface area contributed by atoms with Crippen molar-refractivity contribution < 1.29 is 22.0 Å². The topological polar surface area (TPSA) is 95.5 Å². The number of aromatic nitrogens is 2. The van der Waals surface area contributed by atoms with E-state index >= 15 is 0 Å². The first kappa shape index (κ1) is 23.5. The van der Waals surface area contributed by atoms with Gasteiger partial charge in [-0.15, -0.1) is 0 Å². The van der Waals surface area contributed by atoms with Crippen LogP contribution < -0.4 is 5.32 Å². The van der Waals surface area contributed by atoms with Gasteiger partial charge in [0.05, 0.1) is 28.9 Å². The molecule has 178 valence electrons. The van der Waals surface area contributed by atoms with Crippen LogP contribution in [0.25, 0.3) is 0 Å². The van der Waals surface area contributed by atoms with E-state index in [1.54, 1.807) is 28.3 Å². The number of carbonyl (C=O) groups excluding carboxylic acids is 1. The van der Waals surface area contributed by atoms with Gasteiger partial charge >= 0.3 is 6.03 Å². The number of alkyl halides is 2. The molecule has 8 nitrogen and oxygen atoms in total. The molecule has 4 heterocycles. The number of carbonyl (C=O) groups is 1. The van der Waals surface area contributed by atoms with Gasteiger partial charge in [0.2, 0.25) is 0 Å². The molecule has 4 rings (SSSR count). The molecule has 0 aromatic carbocycles. The quantitative estimate of drug-likeness (QED) is 0.684. The number of halogens is 2. The molecule has 2 aliphatic rings. The molecule has 0 aliphatic carbocycles. The predicted molar refractivity (Wildman–Crippen MR) is 117 cm³/mol. The number of nitrogens with zero attached hydrogens (tertiary/aromatic N) is 4. The van der Waals surface area contributed by atoms with Crippen LogP contribution in [0.5, 0.6) is 0 Å². The van der Waals surface area contributed by atoms with Gasteiger partial charge in [0.15, 0.2) is 9.84 Å². The van der Waals surface area contributed by atoms with Crippen LogP contribution >= 0.6 is 0 Å². The molecule has 1 N–H and O–H groups in total. The van der Waals surface area contributed by atoms with Crippen molar-refractivity contribution in [3.63, 3.8) is 0 Å². The fraction of sp³-hybridized carbons (Fsp3) is 0.500. The number of hydrogen-bond donors (Lipinski definition) is 1. The smallest absolute Gasteiger partial charge is 0.318 e. The van der Waals surface area contributed by atoms with Crippen LogP contribution in [0.1, 0.15) is 36.6 Å². The van der Waals surface area contributed by atoms with Gasteiger partial charge in [-0.25, -0.2) is 22.0 Å². The first-order valence-corrected chi connectivity index (χ1v) is 12.4. The molecule has 0 saturated carbocycles. The number of likely N-dealkylation sites (tertiary alicyclic amines) is 1. The van der Waals surface area contributed by atoms with Crippen molar-refractivity contribution in [1.29, 1.82) is 0 Å². The standard InChI is InChI=1S/C22H27F2N5O3S/c1-22(23,24)15-28-8-5-19(6-9-28)33(31,32)20-3-2-18(26-12-20)11-27-21(30)29-13-16-4-7-25-10-17(16)14-29/h2-4,7,10,12,19H,5-6,8-9,11,13-15H2,1H3,(H,27,30). The molecule has 0 radical (unpaired) electrons. The summed E-state index contributed by atoms with van der Waals surface area (Å²) in [6, 6.07) is 4.75. The van der Waals surface area contributed by atoms with E-state index in [4.69, 9.17) is 0 Å². The van der Waals surface area contributed by atoms with Crippen LogP contribution in [0.4, 0.5) is 13.6 Å². The Balaban J connectivity index is 1.29. The van der Waals surface area contributed by atoms with Crippen LogP contribution in [0, 0.1) is 0 Å².